The second-order valence-electron chi connectivity index (χ2n) is 4.61. The molecular weight excluding hydrogens is 214 g/mol. The van der Waals surface area contributed by atoms with Crippen LogP contribution in [0.2, 0.25) is 0 Å². The Balaban J connectivity index is 2.04. The topological polar surface area (TPSA) is 39.1 Å². The van der Waals surface area contributed by atoms with Crippen molar-refractivity contribution in [2.24, 2.45) is 13.0 Å². The van der Waals surface area contributed by atoms with E-state index < -0.39 is 0 Å². The number of hydrogen-bond acceptors (Lipinski definition) is 3. The smallest absolute Gasteiger partial charge is 0.0864 e. The summed E-state index contributed by atoms with van der Waals surface area (Å²) in [7, 11) is 1.96. The molecule has 1 aromatic carbocycles. The predicted molar refractivity (Wildman–Crippen MR) is 68.3 cm³/mol. The molecule has 17 heavy (non-hydrogen) atoms. The SMILES string of the molecule is CC(C)CONCc1nn(C)c2ccccc12. The van der Waals surface area contributed by atoms with Crippen LogP contribution in [0.25, 0.3) is 10.9 Å². The van der Waals surface area contributed by atoms with Crippen LogP contribution in [-0.2, 0) is 18.4 Å². The fraction of sp³-hybridized carbons (Fsp3) is 0.462. The van der Waals surface area contributed by atoms with Crippen LogP contribution in [0.15, 0.2) is 24.3 Å². The minimum Gasteiger partial charge on any atom is -0.301 e. The standard InChI is InChI=1S/C13H19N3O/c1-10(2)9-17-14-8-12-11-6-4-5-7-13(11)16(3)15-12/h4-7,10,14H,8-9H2,1-3H3. The first-order chi connectivity index (χ1) is 8.18. The number of fused-ring (bicyclic) bond motifs is 1. The number of aryl methyl sites for hydroxylation is 1. The third-order valence-electron chi connectivity index (χ3n) is 2.59. The molecule has 2 rings (SSSR count). The Bertz CT molecular complexity index is 490. The number of rotatable bonds is 5. The maximum absolute atomic E-state index is 5.36. The molecule has 0 amide bonds. The van der Waals surface area contributed by atoms with Crippen LogP contribution in [0.1, 0.15) is 19.5 Å². The van der Waals surface area contributed by atoms with E-state index in [1.165, 1.54) is 5.39 Å². The van der Waals surface area contributed by atoms with Gasteiger partial charge in [-0.3, -0.25) is 4.68 Å². The fourth-order valence-corrected chi connectivity index (χ4v) is 1.76. The van der Waals surface area contributed by atoms with E-state index in [1.807, 2.05) is 23.9 Å². The molecule has 4 nitrogen and oxygen atoms in total. The summed E-state index contributed by atoms with van der Waals surface area (Å²) in [6.07, 6.45) is 0. The Morgan fingerprint density at radius 3 is 2.88 bits per heavy atom. The zero-order valence-corrected chi connectivity index (χ0v) is 10.6. The minimum absolute atomic E-state index is 0.531. The number of benzene rings is 1. The van der Waals surface area contributed by atoms with E-state index in [-0.39, 0.29) is 0 Å². The van der Waals surface area contributed by atoms with E-state index in [9.17, 15) is 0 Å². The summed E-state index contributed by atoms with van der Waals surface area (Å²) in [6.45, 7) is 5.59. The normalized spacial score (nSPS) is 11.5. The lowest BCUT2D eigenvalue weighted by atomic mass is 10.2. The number of hydroxylamine groups is 1. The number of hydrogen-bond donors (Lipinski definition) is 1. The van der Waals surface area contributed by atoms with Crippen molar-refractivity contribution < 1.29 is 4.84 Å². The lowest BCUT2D eigenvalue weighted by Gasteiger charge is -2.06. The summed E-state index contributed by atoms with van der Waals surface area (Å²) in [4.78, 5) is 5.36. The molecule has 0 saturated carbocycles. The number of nitrogens with one attached hydrogen (secondary N) is 1. The first kappa shape index (κ1) is 12.1. The summed E-state index contributed by atoms with van der Waals surface area (Å²) in [5, 5.41) is 5.66. The molecule has 92 valence electrons. The van der Waals surface area contributed by atoms with Crippen molar-refractivity contribution in [2.45, 2.75) is 20.4 Å². The van der Waals surface area contributed by atoms with Crippen molar-refractivity contribution in [1.29, 1.82) is 0 Å². The molecule has 0 bridgehead atoms. The zero-order valence-electron chi connectivity index (χ0n) is 10.6. The van der Waals surface area contributed by atoms with Crippen LogP contribution in [0.5, 0.6) is 0 Å². The number of para-hydroxylation sites is 1. The number of nitrogens with zero attached hydrogens (tertiary/aromatic N) is 2. The molecule has 0 fully saturated rings. The summed E-state index contributed by atoms with van der Waals surface area (Å²) in [5.41, 5.74) is 5.13. The molecule has 0 unspecified atom stereocenters. The predicted octanol–water partition coefficient (Wildman–Crippen LogP) is 2.25. The van der Waals surface area contributed by atoms with Crippen LogP contribution in [0, 0.1) is 5.92 Å². The highest BCUT2D eigenvalue weighted by Crippen LogP contribution is 2.16. The average molecular weight is 233 g/mol. The highest BCUT2D eigenvalue weighted by Gasteiger charge is 2.07. The minimum atomic E-state index is 0.531. The molecule has 1 aromatic heterocycles. The van der Waals surface area contributed by atoms with E-state index in [2.05, 4.69) is 36.6 Å². The fourth-order valence-electron chi connectivity index (χ4n) is 1.76. The van der Waals surface area contributed by atoms with Gasteiger partial charge < -0.3 is 4.84 Å². The van der Waals surface area contributed by atoms with Crippen LogP contribution in [-0.4, -0.2) is 16.4 Å². The van der Waals surface area contributed by atoms with Gasteiger partial charge in [-0.1, -0.05) is 32.0 Å². The van der Waals surface area contributed by atoms with E-state index >= 15 is 0 Å². The van der Waals surface area contributed by atoms with Gasteiger partial charge in [0.2, 0.25) is 0 Å². The van der Waals surface area contributed by atoms with Gasteiger partial charge in [-0.05, 0) is 12.0 Å². The third-order valence-corrected chi connectivity index (χ3v) is 2.59. The van der Waals surface area contributed by atoms with Crippen LogP contribution < -0.4 is 5.48 Å². The van der Waals surface area contributed by atoms with Crippen molar-refractivity contribution in [3.63, 3.8) is 0 Å². The highest BCUT2D eigenvalue weighted by molar-refractivity contribution is 5.81. The molecule has 2 aromatic rings. The Kier molecular flexibility index (Phi) is 3.76. The Labute approximate surface area is 102 Å². The Hall–Kier alpha value is -1.39. The second-order valence-corrected chi connectivity index (χ2v) is 4.61. The molecule has 0 aliphatic rings. The van der Waals surface area contributed by atoms with Crippen molar-refractivity contribution in [1.82, 2.24) is 15.3 Å². The Morgan fingerprint density at radius 2 is 2.12 bits per heavy atom. The van der Waals surface area contributed by atoms with Crippen molar-refractivity contribution >= 4 is 10.9 Å². The molecule has 0 radical (unpaired) electrons. The maximum atomic E-state index is 5.36. The molecule has 1 heterocycles. The molecule has 0 saturated heterocycles. The van der Waals surface area contributed by atoms with E-state index in [0.29, 0.717) is 19.1 Å². The molecule has 0 spiro atoms. The molecule has 1 N–H and O–H groups in total. The quantitative estimate of drug-likeness (QED) is 0.636. The first-order valence-electron chi connectivity index (χ1n) is 5.93. The van der Waals surface area contributed by atoms with Gasteiger partial charge in [0.25, 0.3) is 0 Å². The molecule has 0 atom stereocenters. The van der Waals surface area contributed by atoms with Gasteiger partial charge in [0.05, 0.1) is 24.4 Å². The van der Waals surface area contributed by atoms with Crippen molar-refractivity contribution in [3.8, 4) is 0 Å². The van der Waals surface area contributed by atoms with Gasteiger partial charge in [0.1, 0.15) is 0 Å². The van der Waals surface area contributed by atoms with Crippen molar-refractivity contribution in [3.05, 3.63) is 30.0 Å². The van der Waals surface area contributed by atoms with Gasteiger partial charge in [-0.25, -0.2) is 0 Å². The van der Waals surface area contributed by atoms with Gasteiger partial charge in [0, 0.05) is 12.4 Å². The number of aromatic nitrogens is 2. The summed E-state index contributed by atoms with van der Waals surface area (Å²) in [5.74, 6) is 0.531. The second kappa shape index (κ2) is 5.29. The summed E-state index contributed by atoms with van der Waals surface area (Å²) >= 11 is 0. The summed E-state index contributed by atoms with van der Waals surface area (Å²) in [6, 6.07) is 8.21. The average Bonchev–Trinajstić information content (AvgIpc) is 2.63. The lowest BCUT2D eigenvalue weighted by molar-refractivity contribution is 0.0191. The van der Waals surface area contributed by atoms with Crippen molar-refractivity contribution in [2.75, 3.05) is 6.61 Å². The molecular formula is C13H19N3O. The van der Waals surface area contributed by atoms with E-state index in [1.54, 1.807) is 0 Å². The van der Waals surface area contributed by atoms with Gasteiger partial charge >= 0.3 is 0 Å². The first-order valence-corrected chi connectivity index (χ1v) is 5.93. The Morgan fingerprint density at radius 1 is 1.35 bits per heavy atom. The lowest BCUT2D eigenvalue weighted by Crippen LogP contribution is -2.17. The maximum Gasteiger partial charge on any atom is 0.0864 e. The molecule has 4 heteroatoms. The van der Waals surface area contributed by atoms with Crippen LogP contribution in [0.4, 0.5) is 0 Å². The summed E-state index contributed by atoms with van der Waals surface area (Å²) < 4.78 is 1.90. The van der Waals surface area contributed by atoms with Gasteiger partial charge in [0.15, 0.2) is 0 Å². The third kappa shape index (κ3) is 2.84. The van der Waals surface area contributed by atoms with Crippen LogP contribution in [0.3, 0.4) is 0 Å². The highest BCUT2D eigenvalue weighted by atomic mass is 16.6. The molecule has 0 aliphatic carbocycles. The van der Waals surface area contributed by atoms with E-state index in [0.717, 1.165) is 11.2 Å². The monoisotopic (exact) mass is 233 g/mol. The van der Waals surface area contributed by atoms with Gasteiger partial charge in [-0.2, -0.15) is 10.6 Å². The van der Waals surface area contributed by atoms with Crippen LogP contribution >= 0.6 is 0 Å². The largest absolute Gasteiger partial charge is 0.301 e. The van der Waals surface area contributed by atoms with Gasteiger partial charge in [-0.15, -0.1) is 0 Å². The van der Waals surface area contributed by atoms with E-state index in [4.69, 9.17) is 4.84 Å². The molecule has 0 aliphatic heterocycles. The zero-order chi connectivity index (χ0) is 12.3.